The van der Waals surface area contributed by atoms with Gasteiger partial charge in [0.2, 0.25) is 5.09 Å². The van der Waals surface area contributed by atoms with E-state index < -0.39 is 10.0 Å². The molecule has 0 aromatic carbocycles. The highest BCUT2D eigenvalue weighted by Crippen LogP contribution is 2.25. The van der Waals surface area contributed by atoms with Crippen molar-refractivity contribution in [3.63, 3.8) is 0 Å². The second kappa shape index (κ2) is 7.88. The predicted molar refractivity (Wildman–Crippen MR) is 91.3 cm³/mol. The van der Waals surface area contributed by atoms with Gasteiger partial charge < -0.3 is 9.15 Å². The van der Waals surface area contributed by atoms with E-state index in [1.54, 1.807) is 6.07 Å². The fourth-order valence-corrected chi connectivity index (χ4v) is 4.96. The van der Waals surface area contributed by atoms with Gasteiger partial charge >= 0.3 is 5.97 Å². The summed E-state index contributed by atoms with van der Waals surface area (Å²) in [6.45, 7) is 5.32. The van der Waals surface area contributed by atoms with Crippen molar-refractivity contribution in [2.45, 2.75) is 44.2 Å². The maximum Gasteiger partial charge on any atom is 0.310 e. The van der Waals surface area contributed by atoms with Crippen LogP contribution in [0.1, 0.15) is 38.4 Å². The highest BCUT2D eigenvalue weighted by molar-refractivity contribution is 7.89. The number of sulfonamides is 1. The van der Waals surface area contributed by atoms with E-state index in [0.717, 1.165) is 32.2 Å². The molecule has 1 aromatic rings. The molecule has 1 atom stereocenters. The Morgan fingerprint density at radius 2 is 2.00 bits per heavy atom. The topological polar surface area (TPSA) is 80.1 Å². The van der Waals surface area contributed by atoms with Crippen LogP contribution in [0.2, 0.25) is 0 Å². The number of furan rings is 1. The van der Waals surface area contributed by atoms with E-state index in [2.05, 4.69) is 4.90 Å². The van der Waals surface area contributed by atoms with E-state index in [1.165, 1.54) is 10.4 Å². The van der Waals surface area contributed by atoms with Gasteiger partial charge in [-0.2, -0.15) is 4.31 Å². The van der Waals surface area contributed by atoms with Crippen LogP contribution in [0.15, 0.2) is 21.6 Å². The van der Waals surface area contributed by atoms with Crippen molar-refractivity contribution < 1.29 is 22.4 Å². The molecule has 0 bridgehead atoms. The van der Waals surface area contributed by atoms with Crippen LogP contribution in [0.25, 0.3) is 0 Å². The molecule has 3 rings (SSSR count). The van der Waals surface area contributed by atoms with Crippen LogP contribution in [0, 0.1) is 5.92 Å². The van der Waals surface area contributed by atoms with Crippen LogP contribution in [-0.4, -0.2) is 56.4 Å². The molecular formula is C17H26N2O5S. The van der Waals surface area contributed by atoms with Gasteiger partial charge in [-0.1, -0.05) is 0 Å². The molecule has 2 aliphatic rings. The van der Waals surface area contributed by atoms with Gasteiger partial charge in [0.1, 0.15) is 5.76 Å². The smallest absolute Gasteiger partial charge is 0.310 e. The summed E-state index contributed by atoms with van der Waals surface area (Å²) in [6, 6.07) is 3.26. The first-order valence-electron chi connectivity index (χ1n) is 8.98. The predicted octanol–water partition coefficient (Wildman–Crippen LogP) is 1.84. The molecule has 1 aromatic heterocycles. The summed E-state index contributed by atoms with van der Waals surface area (Å²) in [7, 11) is -3.52. The number of carbonyl (C=O) groups is 1. The molecule has 140 valence electrons. The van der Waals surface area contributed by atoms with E-state index in [4.69, 9.17) is 9.15 Å². The molecule has 2 aliphatic heterocycles. The van der Waals surface area contributed by atoms with Crippen molar-refractivity contribution in [2.24, 2.45) is 5.92 Å². The first-order valence-corrected chi connectivity index (χ1v) is 10.4. The molecule has 2 fully saturated rings. The summed E-state index contributed by atoms with van der Waals surface area (Å²) in [6.07, 6.45) is 3.55. The minimum Gasteiger partial charge on any atom is -0.466 e. The third kappa shape index (κ3) is 4.24. The van der Waals surface area contributed by atoms with Crippen molar-refractivity contribution in [1.82, 2.24) is 9.21 Å². The van der Waals surface area contributed by atoms with E-state index in [9.17, 15) is 13.2 Å². The minimum atomic E-state index is -3.52. The lowest BCUT2D eigenvalue weighted by Gasteiger charge is -2.30. The number of carbonyl (C=O) groups excluding carboxylic acids is 1. The van der Waals surface area contributed by atoms with Crippen LogP contribution in [0.3, 0.4) is 0 Å². The molecule has 8 heteroatoms. The normalized spacial score (nSPS) is 23.0. The Hall–Kier alpha value is -1.38. The van der Waals surface area contributed by atoms with Gasteiger partial charge in [-0.05, 0) is 51.3 Å². The van der Waals surface area contributed by atoms with Gasteiger partial charge in [0.15, 0.2) is 0 Å². The Bertz CT molecular complexity index is 694. The molecule has 0 N–H and O–H groups in total. The van der Waals surface area contributed by atoms with Crippen molar-refractivity contribution in [3.8, 4) is 0 Å². The highest BCUT2D eigenvalue weighted by Gasteiger charge is 2.31. The first-order chi connectivity index (χ1) is 12.0. The first kappa shape index (κ1) is 18.4. The van der Waals surface area contributed by atoms with Gasteiger partial charge in [-0.3, -0.25) is 9.69 Å². The monoisotopic (exact) mass is 370 g/mol. The molecule has 0 spiro atoms. The third-order valence-electron chi connectivity index (χ3n) is 4.80. The lowest BCUT2D eigenvalue weighted by Crippen LogP contribution is -2.38. The highest BCUT2D eigenvalue weighted by atomic mass is 32.2. The van der Waals surface area contributed by atoms with Crippen LogP contribution < -0.4 is 0 Å². The van der Waals surface area contributed by atoms with Crippen LogP contribution in [-0.2, 0) is 26.1 Å². The van der Waals surface area contributed by atoms with Gasteiger partial charge in [0.25, 0.3) is 10.0 Å². The second-order valence-corrected chi connectivity index (χ2v) is 8.53. The maximum atomic E-state index is 12.5. The standard InChI is InChI=1S/C17H26N2O5S/c1-2-23-17(20)14-6-5-9-18(12-14)13-15-7-8-16(24-15)25(21,22)19-10-3-4-11-19/h7-8,14H,2-6,9-13H2,1H3/t14-/m0/s1. The Morgan fingerprint density at radius 3 is 2.72 bits per heavy atom. The Morgan fingerprint density at radius 1 is 1.24 bits per heavy atom. The number of piperidine rings is 1. The largest absolute Gasteiger partial charge is 0.466 e. The molecule has 0 radical (unpaired) electrons. The molecule has 0 saturated carbocycles. The second-order valence-electron chi connectivity index (χ2n) is 6.66. The summed E-state index contributed by atoms with van der Waals surface area (Å²) >= 11 is 0. The average Bonchev–Trinajstić information content (AvgIpc) is 3.27. The molecule has 0 aliphatic carbocycles. The fraction of sp³-hybridized carbons (Fsp3) is 0.706. The van der Waals surface area contributed by atoms with Gasteiger partial charge in [-0.25, -0.2) is 8.42 Å². The van der Waals surface area contributed by atoms with Crippen LogP contribution >= 0.6 is 0 Å². The zero-order chi connectivity index (χ0) is 17.9. The van der Waals surface area contributed by atoms with Crippen molar-refractivity contribution in [3.05, 3.63) is 17.9 Å². The lowest BCUT2D eigenvalue weighted by molar-refractivity contribution is -0.150. The van der Waals surface area contributed by atoms with E-state index in [0.29, 0.717) is 38.5 Å². The van der Waals surface area contributed by atoms with Gasteiger partial charge in [-0.15, -0.1) is 0 Å². The molecule has 0 unspecified atom stereocenters. The molecule has 25 heavy (non-hydrogen) atoms. The SMILES string of the molecule is CCOC(=O)[C@H]1CCCN(Cc2ccc(S(=O)(=O)N3CCCC3)o2)C1. The van der Waals surface area contributed by atoms with Crippen LogP contribution in [0.5, 0.6) is 0 Å². The molecule has 7 nitrogen and oxygen atoms in total. The van der Waals surface area contributed by atoms with E-state index in [1.807, 2.05) is 6.92 Å². The average molecular weight is 370 g/mol. The van der Waals surface area contributed by atoms with Gasteiger partial charge in [0, 0.05) is 19.6 Å². The molecule has 0 amide bonds. The number of esters is 1. The number of likely N-dealkylation sites (tertiary alicyclic amines) is 1. The Balaban J connectivity index is 1.62. The third-order valence-corrected chi connectivity index (χ3v) is 6.57. The lowest BCUT2D eigenvalue weighted by atomic mass is 9.98. The number of rotatable bonds is 6. The number of ether oxygens (including phenoxy) is 1. The summed E-state index contributed by atoms with van der Waals surface area (Å²) < 4.78 is 37.2. The minimum absolute atomic E-state index is 0.0170. The quantitative estimate of drug-likeness (QED) is 0.711. The fourth-order valence-electron chi connectivity index (χ4n) is 3.51. The Labute approximate surface area is 149 Å². The zero-order valence-electron chi connectivity index (χ0n) is 14.6. The molecule has 3 heterocycles. The summed E-state index contributed by atoms with van der Waals surface area (Å²) in [5.41, 5.74) is 0. The Kier molecular flexibility index (Phi) is 5.81. The van der Waals surface area contributed by atoms with E-state index in [-0.39, 0.29) is 17.0 Å². The van der Waals surface area contributed by atoms with E-state index >= 15 is 0 Å². The molecular weight excluding hydrogens is 344 g/mol. The van der Waals surface area contributed by atoms with Gasteiger partial charge in [0.05, 0.1) is 19.1 Å². The van der Waals surface area contributed by atoms with Crippen molar-refractivity contribution >= 4 is 16.0 Å². The van der Waals surface area contributed by atoms with Crippen LogP contribution in [0.4, 0.5) is 0 Å². The number of hydrogen-bond acceptors (Lipinski definition) is 6. The maximum absolute atomic E-state index is 12.5. The molecule has 2 saturated heterocycles. The summed E-state index contributed by atoms with van der Waals surface area (Å²) in [5.74, 6) is 0.350. The number of nitrogens with zero attached hydrogens (tertiary/aromatic N) is 2. The number of hydrogen-bond donors (Lipinski definition) is 0. The zero-order valence-corrected chi connectivity index (χ0v) is 15.5. The van der Waals surface area contributed by atoms with Crippen molar-refractivity contribution in [2.75, 3.05) is 32.8 Å². The summed E-state index contributed by atoms with van der Waals surface area (Å²) in [5, 5.41) is 0.0170. The summed E-state index contributed by atoms with van der Waals surface area (Å²) in [4.78, 5) is 14.0. The van der Waals surface area contributed by atoms with Crippen molar-refractivity contribution in [1.29, 1.82) is 0 Å².